The van der Waals surface area contributed by atoms with Crippen LogP contribution in [0.3, 0.4) is 0 Å². The molecule has 4 heteroatoms. The molecule has 3 N–H and O–H groups in total. The molecule has 0 amide bonds. The molecule has 3 unspecified atom stereocenters. The standard InChI is InChI=1S/C14H29N3O/c1-11-4-3-5-12(2)17(11)16-14(10-15)13-6-8-18-9-7-13/h11-14,16H,3-10,15H2,1-2H3. The highest BCUT2D eigenvalue weighted by molar-refractivity contribution is 4.83. The number of hydrogen-bond donors (Lipinski definition) is 2. The normalized spacial score (nSPS) is 33.5. The van der Waals surface area contributed by atoms with Gasteiger partial charge in [-0.15, -0.1) is 0 Å². The summed E-state index contributed by atoms with van der Waals surface area (Å²) in [4.78, 5) is 0. The van der Waals surface area contributed by atoms with Gasteiger partial charge in [0.05, 0.1) is 0 Å². The fourth-order valence-electron chi connectivity index (χ4n) is 3.34. The third-order valence-electron chi connectivity index (χ3n) is 4.60. The van der Waals surface area contributed by atoms with Gasteiger partial charge in [-0.1, -0.05) is 6.42 Å². The summed E-state index contributed by atoms with van der Waals surface area (Å²) >= 11 is 0. The molecule has 0 aliphatic carbocycles. The Labute approximate surface area is 111 Å². The van der Waals surface area contributed by atoms with Crippen LogP contribution in [0.2, 0.25) is 0 Å². The second-order valence-corrected chi connectivity index (χ2v) is 5.96. The van der Waals surface area contributed by atoms with E-state index in [4.69, 9.17) is 10.5 Å². The highest BCUT2D eigenvalue weighted by atomic mass is 16.5. The Morgan fingerprint density at radius 2 is 1.78 bits per heavy atom. The Hall–Kier alpha value is -0.160. The number of hydrogen-bond acceptors (Lipinski definition) is 4. The summed E-state index contributed by atoms with van der Waals surface area (Å²) in [5.74, 6) is 0.671. The van der Waals surface area contributed by atoms with Gasteiger partial charge in [-0.3, -0.25) is 5.43 Å². The average Bonchev–Trinajstić information content (AvgIpc) is 2.40. The van der Waals surface area contributed by atoms with Crippen molar-refractivity contribution in [3.63, 3.8) is 0 Å². The van der Waals surface area contributed by atoms with Crippen molar-refractivity contribution in [3.05, 3.63) is 0 Å². The minimum Gasteiger partial charge on any atom is -0.381 e. The van der Waals surface area contributed by atoms with E-state index in [1.54, 1.807) is 0 Å². The third-order valence-corrected chi connectivity index (χ3v) is 4.60. The summed E-state index contributed by atoms with van der Waals surface area (Å²) in [6, 6.07) is 1.67. The number of nitrogens with two attached hydrogens (primary N) is 1. The number of nitrogens with one attached hydrogen (secondary N) is 1. The molecule has 18 heavy (non-hydrogen) atoms. The highest BCUT2D eigenvalue weighted by Crippen LogP contribution is 2.23. The zero-order valence-electron chi connectivity index (χ0n) is 11.9. The number of piperidine rings is 1. The van der Waals surface area contributed by atoms with Crippen molar-refractivity contribution in [2.45, 2.75) is 64.1 Å². The second kappa shape index (κ2) is 6.85. The van der Waals surface area contributed by atoms with Crippen LogP contribution < -0.4 is 11.2 Å². The second-order valence-electron chi connectivity index (χ2n) is 5.96. The molecule has 2 rings (SSSR count). The van der Waals surface area contributed by atoms with Gasteiger partial charge in [0, 0.05) is 37.9 Å². The summed E-state index contributed by atoms with van der Waals surface area (Å²) in [6.45, 7) is 7.16. The maximum absolute atomic E-state index is 5.98. The first-order valence-corrected chi connectivity index (χ1v) is 7.54. The monoisotopic (exact) mass is 255 g/mol. The predicted molar refractivity (Wildman–Crippen MR) is 74.1 cm³/mol. The summed E-state index contributed by atoms with van der Waals surface area (Å²) in [6.07, 6.45) is 6.23. The van der Waals surface area contributed by atoms with Gasteiger partial charge < -0.3 is 10.5 Å². The molecule has 2 aliphatic heterocycles. The van der Waals surface area contributed by atoms with E-state index in [1.165, 1.54) is 19.3 Å². The molecule has 2 saturated heterocycles. The molecule has 0 saturated carbocycles. The molecule has 0 spiro atoms. The molecule has 3 atom stereocenters. The van der Waals surface area contributed by atoms with Crippen LogP contribution in [0, 0.1) is 5.92 Å². The SMILES string of the molecule is CC1CCCC(C)N1NC(CN)C1CCOCC1. The van der Waals surface area contributed by atoms with E-state index in [1.807, 2.05) is 0 Å². The highest BCUT2D eigenvalue weighted by Gasteiger charge is 2.30. The lowest BCUT2D eigenvalue weighted by Crippen LogP contribution is -2.59. The fourth-order valence-corrected chi connectivity index (χ4v) is 3.34. The number of ether oxygens (including phenoxy) is 1. The molecular weight excluding hydrogens is 226 g/mol. The molecule has 106 valence electrons. The molecule has 0 aromatic carbocycles. The molecule has 2 heterocycles. The third kappa shape index (κ3) is 3.44. The Morgan fingerprint density at radius 3 is 2.33 bits per heavy atom. The van der Waals surface area contributed by atoms with Crippen molar-refractivity contribution < 1.29 is 4.74 Å². The summed E-state index contributed by atoms with van der Waals surface area (Å²) in [5.41, 5.74) is 9.71. The number of rotatable bonds is 4. The van der Waals surface area contributed by atoms with Crippen molar-refractivity contribution in [1.82, 2.24) is 10.4 Å². The van der Waals surface area contributed by atoms with Crippen molar-refractivity contribution >= 4 is 0 Å². The predicted octanol–water partition coefficient (Wildman–Crippen LogP) is 1.51. The van der Waals surface area contributed by atoms with Gasteiger partial charge in [0.25, 0.3) is 0 Å². The molecule has 0 bridgehead atoms. The van der Waals surface area contributed by atoms with Gasteiger partial charge in [0.1, 0.15) is 0 Å². The Kier molecular flexibility index (Phi) is 5.42. The average molecular weight is 255 g/mol. The minimum absolute atomic E-state index is 0.414. The molecule has 2 aliphatic rings. The van der Waals surface area contributed by atoms with Gasteiger partial charge in [-0.05, 0) is 45.4 Å². The first kappa shape index (κ1) is 14.3. The van der Waals surface area contributed by atoms with Crippen molar-refractivity contribution in [3.8, 4) is 0 Å². The van der Waals surface area contributed by atoms with Gasteiger partial charge in [0.2, 0.25) is 0 Å². The summed E-state index contributed by atoms with van der Waals surface area (Å²) in [7, 11) is 0. The smallest absolute Gasteiger partial charge is 0.0469 e. The van der Waals surface area contributed by atoms with Crippen molar-refractivity contribution in [1.29, 1.82) is 0 Å². The fraction of sp³-hybridized carbons (Fsp3) is 1.00. The first-order chi connectivity index (χ1) is 8.72. The maximum atomic E-state index is 5.98. The topological polar surface area (TPSA) is 50.5 Å². The van der Waals surface area contributed by atoms with Crippen LogP contribution in [0.15, 0.2) is 0 Å². The van der Waals surface area contributed by atoms with Crippen LogP contribution in [0.25, 0.3) is 0 Å². The molecule has 4 nitrogen and oxygen atoms in total. The lowest BCUT2D eigenvalue weighted by atomic mass is 9.91. The Bertz CT molecular complexity index is 233. The van der Waals surface area contributed by atoms with E-state index < -0.39 is 0 Å². The quantitative estimate of drug-likeness (QED) is 0.799. The van der Waals surface area contributed by atoms with Crippen LogP contribution >= 0.6 is 0 Å². The van der Waals surface area contributed by atoms with Crippen LogP contribution in [-0.4, -0.2) is 42.9 Å². The van der Waals surface area contributed by atoms with Gasteiger partial charge in [-0.2, -0.15) is 0 Å². The molecule has 0 aromatic heterocycles. The minimum atomic E-state index is 0.414. The van der Waals surface area contributed by atoms with Gasteiger partial charge in [0.15, 0.2) is 0 Å². The van der Waals surface area contributed by atoms with Crippen LogP contribution in [-0.2, 0) is 4.74 Å². The largest absolute Gasteiger partial charge is 0.381 e. The Morgan fingerprint density at radius 1 is 1.17 bits per heavy atom. The Balaban J connectivity index is 1.91. The van der Waals surface area contributed by atoms with E-state index in [2.05, 4.69) is 24.3 Å². The first-order valence-electron chi connectivity index (χ1n) is 7.54. The van der Waals surface area contributed by atoms with E-state index in [9.17, 15) is 0 Å². The number of nitrogens with zero attached hydrogens (tertiary/aromatic N) is 1. The lowest BCUT2D eigenvalue weighted by Gasteiger charge is -2.43. The van der Waals surface area contributed by atoms with Crippen molar-refractivity contribution in [2.75, 3.05) is 19.8 Å². The van der Waals surface area contributed by atoms with E-state index in [0.717, 1.165) is 32.6 Å². The molecular formula is C14H29N3O. The molecule has 2 fully saturated rings. The van der Waals surface area contributed by atoms with E-state index in [0.29, 0.717) is 24.0 Å². The van der Waals surface area contributed by atoms with Gasteiger partial charge in [-0.25, -0.2) is 5.01 Å². The molecule has 0 radical (unpaired) electrons. The zero-order chi connectivity index (χ0) is 13.0. The molecule has 0 aromatic rings. The van der Waals surface area contributed by atoms with E-state index in [-0.39, 0.29) is 0 Å². The van der Waals surface area contributed by atoms with Crippen LogP contribution in [0.4, 0.5) is 0 Å². The summed E-state index contributed by atoms with van der Waals surface area (Å²) < 4.78 is 5.44. The number of hydrazine groups is 1. The maximum Gasteiger partial charge on any atom is 0.0469 e. The van der Waals surface area contributed by atoms with Crippen LogP contribution in [0.1, 0.15) is 46.0 Å². The van der Waals surface area contributed by atoms with Crippen molar-refractivity contribution in [2.24, 2.45) is 11.7 Å². The zero-order valence-corrected chi connectivity index (χ0v) is 11.9. The van der Waals surface area contributed by atoms with Gasteiger partial charge >= 0.3 is 0 Å². The summed E-state index contributed by atoms with van der Waals surface area (Å²) in [5, 5.41) is 2.45. The lowest BCUT2D eigenvalue weighted by molar-refractivity contribution is -0.00283. The van der Waals surface area contributed by atoms with E-state index >= 15 is 0 Å². The van der Waals surface area contributed by atoms with Crippen LogP contribution in [0.5, 0.6) is 0 Å².